The summed E-state index contributed by atoms with van der Waals surface area (Å²) in [5.74, 6) is 0. The van der Waals surface area contributed by atoms with Crippen molar-refractivity contribution >= 4 is 0 Å². The molecule has 0 aromatic rings. The SMILES string of the molecule is C=CCCC(=C)COC. The molecule has 1 heteroatoms. The van der Waals surface area contributed by atoms with Gasteiger partial charge in [-0.05, 0) is 12.8 Å². The molecule has 0 unspecified atom stereocenters. The average Bonchev–Trinajstić information content (AvgIpc) is 1.85. The Morgan fingerprint density at radius 2 is 2.33 bits per heavy atom. The molecule has 0 radical (unpaired) electrons. The van der Waals surface area contributed by atoms with Crippen molar-refractivity contribution in [1.82, 2.24) is 0 Å². The molecule has 0 saturated heterocycles. The summed E-state index contributed by atoms with van der Waals surface area (Å²) in [5, 5.41) is 0. The lowest BCUT2D eigenvalue weighted by atomic mass is 10.2. The van der Waals surface area contributed by atoms with Crippen LogP contribution in [0.3, 0.4) is 0 Å². The second-order valence-electron chi connectivity index (χ2n) is 2.01. The fourth-order valence-corrected chi connectivity index (χ4v) is 0.582. The summed E-state index contributed by atoms with van der Waals surface area (Å²) in [6.07, 6.45) is 3.89. The highest BCUT2D eigenvalue weighted by molar-refractivity contribution is 4.95. The maximum absolute atomic E-state index is 4.87. The van der Waals surface area contributed by atoms with Crippen LogP contribution in [0, 0.1) is 0 Å². The minimum atomic E-state index is 0.674. The van der Waals surface area contributed by atoms with Crippen LogP contribution in [0.1, 0.15) is 12.8 Å². The van der Waals surface area contributed by atoms with Crippen molar-refractivity contribution in [3.63, 3.8) is 0 Å². The molecular weight excluding hydrogens is 112 g/mol. The van der Waals surface area contributed by atoms with Crippen LogP contribution >= 0.6 is 0 Å². The van der Waals surface area contributed by atoms with Crippen molar-refractivity contribution in [2.24, 2.45) is 0 Å². The highest BCUT2D eigenvalue weighted by atomic mass is 16.5. The molecule has 0 saturated carbocycles. The molecule has 0 bridgehead atoms. The predicted molar refractivity (Wildman–Crippen MR) is 40.4 cm³/mol. The van der Waals surface area contributed by atoms with Crippen molar-refractivity contribution < 1.29 is 4.74 Å². The van der Waals surface area contributed by atoms with E-state index >= 15 is 0 Å². The minimum absolute atomic E-state index is 0.674. The van der Waals surface area contributed by atoms with Crippen LogP contribution < -0.4 is 0 Å². The summed E-state index contributed by atoms with van der Waals surface area (Å²) in [6.45, 7) is 8.09. The molecule has 0 aromatic heterocycles. The van der Waals surface area contributed by atoms with Crippen LogP contribution in [-0.2, 0) is 4.74 Å². The molecule has 1 nitrogen and oxygen atoms in total. The Morgan fingerprint density at radius 1 is 1.67 bits per heavy atom. The number of methoxy groups -OCH3 is 1. The van der Waals surface area contributed by atoms with Gasteiger partial charge in [-0.3, -0.25) is 0 Å². The first-order valence-electron chi connectivity index (χ1n) is 3.07. The van der Waals surface area contributed by atoms with Crippen molar-refractivity contribution in [2.75, 3.05) is 13.7 Å². The number of hydrogen-bond donors (Lipinski definition) is 0. The Bertz CT molecular complexity index is 94.7. The highest BCUT2D eigenvalue weighted by Gasteiger charge is 1.88. The zero-order chi connectivity index (χ0) is 7.11. The van der Waals surface area contributed by atoms with Crippen molar-refractivity contribution in [1.29, 1.82) is 0 Å². The van der Waals surface area contributed by atoms with Gasteiger partial charge in [0.25, 0.3) is 0 Å². The number of allylic oxidation sites excluding steroid dienone is 1. The smallest absolute Gasteiger partial charge is 0.0670 e. The minimum Gasteiger partial charge on any atom is -0.380 e. The van der Waals surface area contributed by atoms with E-state index in [4.69, 9.17) is 4.74 Å². The third-order valence-electron chi connectivity index (χ3n) is 1.05. The van der Waals surface area contributed by atoms with Gasteiger partial charge in [0.05, 0.1) is 6.61 Å². The summed E-state index contributed by atoms with van der Waals surface area (Å²) < 4.78 is 4.87. The standard InChI is InChI=1S/C8H14O/c1-4-5-6-8(2)7-9-3/h4H,1-2,5-7H2,3H3. The lowest BCUT2D eigenvalue weighted by Gasteiger charge is -1.99. The number of hydrogen-bond acceptors (Lipinski definition) is 1. The van der Waals surface area contributed by atoms with E-state index in [0.717, 1.165) is 18.4 Å². The van der Waals surface area contributed by atoms with Crippen LogP contribution in [0.4, 0.5) is 0 Å². The van der Waals surface area contributed by atoms with Gasteiger partial charge < -0.3 is 4.74 Å². The second-order valence-corrected chi connectivity index (χ2v) is 2.01. The summed E-state index contributed by atoms with van der Waals surface area (Å²) in [6, 6.07) is 0. The Labute approximate surface area is 57.0 Å². The fraction of sp³-hybridized carbons (Fsp3) is 0.500. The van der Waals surface area contributed by atoms with Crippen LogP contribution in [0.25, 0.3) is 0 Å². The Hall–Kier alpha value is -0.560. The largest absolute Gasteiger partial charge is 0.380 e. The quantitative estimate of drug-likeness (QED) is 0.513. The molecule has 0 spiro atoms. The maximum atomic E-state index is 4.87. The molecule has 0 aliphatic carbocycles. The molecule has 52 valence electrons. The molecule has 0 aliphatic rings. The van der Waals surface area contributed by atoms with Crippen LogP contribution in [-0.4, -0.2) is 13.7 Å². The molecular formula is C8H14O. The third kappa shape index (κ3) is 5.31. The van der Waals surface area contributed by atoms with Crippen molar-refractivity contribution in [2.45, 2.75) is 12.8 Å². The zero-order valence-corrected chi connectivity index (χ0v) is 6.02. The molecule has 0 rings (SSSR count). The molecule has 9 heavy (non-hydrogen) atoms. The van der Waals surface area contributed by atoms with E-state index in [0.29, 0.717) is 6.61 Å². The lowest BCUT2D eigenvalue weighted by Crippen LogP contribution is -1.91. The van der Waals surface area contributed by atoms with Gasteiger partial charge in [0.1, 0.15) is 0 Å². The first-order chi connectivity index (χ1) is 4.31. The van der Waals surface area contributed by atoms with Crippen LogP contribution in [0.15, 0.2) is 24.8 Å². The molecule has 0 fully saturated rings. The van der Waals surface area contributed by atoms with Crippen LogP contribution in [0.2, 0.25) is 0 Å². The molecule has 0 amide bonds. The fourth-order valence-electron chi connectivity index (χ4n) is 0.582. The van der Waals surface area contributed by atoms with E-state index < -0.39 is 0 Å². The second kappa shape index (κ2) is 5.57. The number of ether oxygens (including phenoxy) is 1. The van der Waals surface area contributed by atoms with Crippen LogP contribution in [0.5, 0.6) is 0 Å². The Balaban J connectivity index is 3.16. The zero-order valence-electron chi connectivity index (χ0n) is 6.02. The van der Waals surface area contributed by atoms with Gasteiger partial charge >= 0.3 is 0 Å². The van der Waals surface area contributed by atoms with E-state index in [1.54, 1.807) is 7.11 Å². The average molecular weight is 126 g/mol. The van der Waals surface area contributed by atoms with Gasteiger partial charge in [0.15, 0.2) is 0 Å². The Morgan fingerprint density at radius 3 is 2.78 bits per heavy atom. The summed E-state index contributed by atoms with van der Waals surface area (Å²) in [7, 11) is 1.68. The lowest BCUT2D eigenvalue weighted by molar-refractivity contribution is 0.223. The van der Waals surface area contributed by atoms with Gasteiger partial charge in [-0.2, -0.15) is 0 Å². The van der Waals surface area contributed by atoms with E-state index in [-0.39, 0.29) is 0 Å². The highest BCUT2D eigenvalue weighted by Crippen LogP contribution is 2.01. The van der Waals surface area contributed by atoms with E-state index in [1.165, 1.54) is 0 Å². The van der Waals surface area contributed by atoms with Gasteiger partial charge in [-0.1, -0.05) is 18.2 Å². The van der Waals surface area contributed by atoms with Gasteiger partial charge in [0, 0.05) is 7.11 Å². The van der Waals surface area contributed by atoms with E-state index in [9.17, 15) is 0 Å². The molecule has 0 aliphatic heterocycles. The summed E-state index contributed by atoms with van der Waals surface area (Å²) in [4.78, 5) is 0. The van der Waals surface area contributed by atoms with Gasteiger partial charge in [-0.15, -0.1) is 6.58 Å². The molecule has 0 N–H and O–H groups in total. The number of rotatable bonds is 5. The third-order valence-corrected chi connectivity index (χ3v) is 1.05. The summed E-state index contributed by atoms with van der Waals surface area (Å²) in [5.41, 5.74) is 1.14. The molecule has 0 aromatic carbocycles. The molecule has 0 atom stereocenters. The Kier molecular flexibility index (Phi) is 5.23. The monoisotopic (exact) mass is 126 g/mol. The van der Waals surface area contributed by atoms with Gasteiger partial charge in [0.2, 0.25) is 0 Å². The summed E-state index contributed by atoms with van der Waals surface area (Å²) >= 11 is 0. The molecule has 0 heterocycles. The van der Waals surface area contributed by atoms with E-state index in [1.807, 2.05) is 6.08 Å². The first kappa shape index (κ1) is 8.44. The van der Waals surface area contributed by atoms with Crippen molar-refractivity contribution in [3.05, 3.63) is 24.8 Å². The normalized spacial score (nSPS) is 9.00. The topological polar surface area (TPSA) is 9.23 Å². The van der Waals surface area contributed by atoms with Gasteiger partial charge in [-0.25, -0.2) is 0 Å². The predicted octanol–water partition coefficient (Wildman–Crippen LogP) is 2.16. The van der Waals surface area contributed by atoms with Crippen molar-refractivity contribution in [3.8, 4) is 0 Å². The van der Waals surface area contributed by atoms with E-state index in [2.05, 4.69) is 13.2 Å². The first-order valence-corrected chi connectivity index (χ1v) is 3.07. The maximum Gasteiger partial charge on any atom is 0.0670 e.